The van der Waals surface area contributed by atoms with E-state index in [-0.39, 0.29) is 5.82 Å². The second kappa shape index (κ2) is 4.29. The molecule has 3 heteroatoms. The summed E-state index contributed by atoms with van der Waals surface area (Å²) in [6.45, 7) is 4.86. The summed E-state index contributed by atoms with van der Waals surface area (Å²) >= 11 is 0. The van der Waals surface area contributed by atoms with Gasteiger partial charge in [-0.05, 0) is 37.2 Å². The van der Waals surface area contributed by atoms with E-state index in [4.69, 9.17) is 0 Å². The van der Waals surface area contributed by atoms with Crippen LogP contribution in [-0.2, 0) is 0 Å². The summed E-state index contributed by atoms with van der Waals surface area (Å²) in [4.78, 5) is 2.27. The second-order valence-corrected chi connectivity index (χ2v) is 4.26. The predicted molar refractivity (Wildman–Crippen MR) is 59.4 cm³/mol. The molecule has 1 N–H and O–H groups in total. The molecule has 0 aromatic heterocycles. The van der Waals surface area contributed by atoms with Crippen molar-refractivity contribution in [3.63, 3.8) is 0 Å². The van der Waals surface area contributed by atoms with E-state index in [0.29, 0.717) is 6.04 Å². The Morgan fingerprint density at radius 1 is 1.40 bits per heavy atom. The topological polar surface area (TPSA) is 15.3 Å². The van der Waals surface area contributed by atoms with Crippen molar-refractivity contribution >= 4 is 0 Å². The summed E-state index contributed by atoms with van der Waals surface area (Å²) < 4.78 is 13.3. The molecule has 1 fully saturated rings. The third-order valence-electron chi connectivity index (χ3n) is 2.96. The third kappa shape index (κ3) is 2.36. The van der Waals surface area contributed by atoms with Gasteiger partial charge in [0, 0.05) is 25.7 Å². The molecule has 0 radical (unpaired) electrons. The number of aryl methyl sites for hydroxylation is 1. The first-order valence-corrected chi connectivity index (χ1v) is 5.35. The molecule has 1 aromatic carbocycles. The van der Waals surface area contributed by atoms with Crippen LogP contribution in [0.4, 0.5) is 4.39 Å². The van der Waals surface area contributed by atoms with Crippen molar-refractivity contribution in [3.8, 4) is 0 Å². The standard InChI is InChI=1S/C12H17FN2/c1-9-5-10(7-11(13)6-9)12-8-14-3-4-15(12)2/h5-7,12,14H,3-4,8H2,1-2H3. The first kappa shape index (κ1) is 10.6. The molecule has 0 bridgehead atoms. The van der Waals surface area contributed by atoms with Gasteiger partial charge in [-0.25, -0.2) is 4.39 Å². The molecule has 0 saturated carbocycles. The first-order chi connectivity index (χ1) is 7.16. The maximum absolute atomic E-state index is 13.3. The molecule has 1 aliphatic heterocycles. The summed E-state index contributed by atoms with van der Waals surface area (Å²) in [5.41, 5.74) is 2.06. The number of benzene rings is 1. The van der Waals surface area contributed by atoms with Crippen LogP contribution in [0.25, 0.3) is 0 Å². The Balaban J connectivity index is 2.27. The van der Waals surface area contributed by atoms with Crippen molar-refractivity contribution in [2.75, 3.05) is 26.7 Å². The number of nitrogens with one attached hydrogen (secondary N) is 1. The van der Waals surface area contributed by atoms with E-state index in [1.165, 1.54) is 0 Å². The molecule has 15 heavy (non-hydrogen) atoms. The lowest BCUT2D eigenvalue weighted by atomic mass is 10.0. The Labute approximate surface area is 90.1 Å². The van der Waals surface area contributed by atoms with Crippen LogP contribution in [0.15, 0.2) is 18.2 Å². The average Bonchev–Trinajstić information content (AvgIpc) is 2.16. The predicted octanol–water partition coefficient (Wildman–Crippen LogP) is 1.71. The number of hydrogen-bond donors (Lipinski definition) is 1. The summed E-state index contributed by atoms with van der Waals surface area (Å²) in [5, 5.41) is 3.34. The van der Waals surface area contributed by atoms with Gasteiger partial charge in [0.1, 0.15) is 5.82 Å². The van der Waals surface area contributed by atoms with E-state index in [2.05, 4.69) is 23.3 Å². The summed E-state index contributed by atoms with van der Waals surface area (Å²) in [5.74, 6) is -0.135. The zero-order chi connectivity index (χ0) is 10.8. The van der Waals surface area contributed by atoms with Gasteiger partial charge in [-0.15, -0.1) is 0 Å². The Bertz CT molecular complexity index is 331. The second-order valence-electron chi connectivity index (χ2n) is 4.26. The highest BCUT2D eigenvalue weighted by molar-refractivity contribution is 5.26. The lowest BCUT2D eigenvalue weighted by molar-refractivity contribution is 0.202. The van der Waals surface area contributed by atoms with Gasteiger partial charge in [0.2, 0.25) is 0 Å². The molecule has 1 atom stereocenters. The third-order valence-corrected chi connectivity index (χ3v) is 2.96. The Hall–Kier alpha value is -0.930. The van der Waals surface area contributed by atoms with Crippen molar-refractivity contribution in [1.82, 2.24) is 10.2 Å². The van der Waals surface area contributed by atoms with Crippen LogP contribution in [0, 0.1) is 12.7 Å². The van der Waals surface area contributed by atoms with E-state index >= 15 is 0 Å². The molecule has 0 aliphatic carbocycles. The van der Waals surface area contributed by atoms with Crippen LogP contribution in [0.5, 0.6) is 0 Å². The minimum absolute atomic E-state index is 0.135. The molecule has 1 aliphatic rings. The van der Waals surface area contributed by atoms with Crippen LogP contribution >= 0.6 is 0 Å². The zero-order valence-corrected chi connectivity index (χ0v) is 9.26. The highest BCUT2D eigenvalue weighted by Gasteiger charge is 2.20. The molecule has 1 saturated heterocycles. The Morgan fingerprint density at radius 3 is 2.87 bits per heavy atom. The van der Waals surface area contributed by atoms with Gasteiger partial charge in [-0.3, -0.25) is 4.90 Å². The van der Waals surface area contributed by atoms with Crippen molar-refractivity contribution in [1.29, 1.82) is 0 Å². The average molecular weight is 208 g/mol. The maximum Gasteiger partial charge on any atom is 0.123 e. The monoisotopic (exact) mass is 208 g/mol. The molecule has 1 unspecified atom stereocenters. The number of likely N-dealkylation sites (N-methyl/N-ethyl adjacent to an activating group) is 1. The van der Waals surface area contributed by atoms with Crippen LogP contribution in [0.1, 0.15) is 17.2 Å². The van der Waals surface area contributed by atoms with E-state index in [0.717, 1.165) is 30.8 Å². The number of nitrogens with zero attached hydrogens (tertiary/aromatic N) is 1. The fraction of sp³-hybridized carbons (Fsp3) is 0.500. The lowest BCUT2D eigenvalue weighted by Gasteiger charge is -2.33. The van der Waals surface area contributed by atoms with Crippen LogP contribution in [0.2, 0.25) is 0 Å². The van der Waals surface area contributed by atoms with E-state index in [1.807, 2.05) is 6.92 Å². The summed E-state index contributed by atoms with van der Waals surface area (Å²) in [7, 11) is 2.09. The molecule has 2 nitrogen and oxygen atoms in total. The number of rotatable bonds is 1. The van der Waals surface area contributed by atoms with Gasteiger partial charge in [0.05, 0.1) is 0 Å². The number of hydrogen-bond acceptors (Lipinski definition) is 2. The van der Waals surface area contributed by atoms with Crippen LogP contribution in [0.3, 0.4) is 0 Å². The minimum atomic E-state index is -0.135. The van der Waals surface area contributed by atoms with Gasteiger partial charge in [-0.2, -0.15) is 0 Å². The van der Waals surface area contributed by atoms with Gasteiger partial charge in [0.15, 0.2) is 0 Å². The molecular weight excluding hydrogens is 191 g/mol. The largest absolute Gasteiger partial charge is 0.314 e. The fourth-order valence-electron chi connectivity index (χ4n) is 2.14. The molecule has 1 aromatic rings. The van der Waals surface area contributed by atoms with Crippen molar-refractivity contribution in [2.24, 2.45) is 0 Å². The molecule has 82 valence electrons. The van der Waals surface area contributed by atoms with Gasteiger partial charge in [0.25, 0.3) is 0 Å². The van der Waals surface area contributed by atoms with E-state index < -0.39 is 0 Å². The number of piperazine rings is 1. The fourth-order valence-corrected chi connectivity index (χ4v) is 2.14. The Morgan fingerprint density at radius 2 is 2.20 bits per heavy atom. The van der Waals surface area contributed by atoms with Crippen LogP contribution < -0.4 is 5.32 Å². The quantitative estimate of drug-likeness (QED) is 0.756. The summed E-state index contributed by atoms with van der Waals surface area (Å²) in [6.07, 6.45) is 0. The van der Waals surface area contributed by atoms with Crippen molar-refractivity contribution < 1.29 is 4.39 Å². The summed E-state index contributed by atoms with van der Waals surface area (Å²) in [6, 6.07) is 5.58. The maximum atomic E-state index is 13.3. The normalized spacial score (nSPS) is 23.0. The van der Waals surface area contributed by atoms with Crippen molar-refractivity contribution in [3.05, 3.63) is 35.1 Å². The molecular formula is C12H17FN2. The van der Waals surface area contributed by atoms with E-state index in [1.54, 1.807) is 12.1 Å². The Kier molecular flexibility index (Phi) is 3.03. The van der Waals surface area contributed by atoms with Gasteiger partial charge < -0.3 is 5.32 Å². The SMILES string of the molecule is Cc1cc(F)cc(C2CNCCN2C)c1. The molecule has 0 amide bonds. The molecule has 1 heterocycles. The lowest BCUT2D eigenvalue weighted by Crippen LogP contribution is -2.43. The van der Waals surface area contributed by atoms with Gasteiger partial charge in [-0.1, -0.05) is 6.07 Å². The van der Waals surface area contributed by atoms with Gasteiger partial charge >= 0.3 is 0 Å². The first-order valence-electron chi connectivity index (χ1n) is 5.35. The van der Waals surface area contributed by atoms with Crippen LogP contribution in [-0.4, -0.2) is 31.6 Å². The highest BCUT2D eigenvalue weighted by Crippen LogP contribution is 2.22. The smallest absolute Gasteiger partial charge is 0.123 e. The minimum Gasteiger partial charge on any atom is -0.314 e. The highest BCUT2D eigenvalue weighted by atomic mass is 19.1. The molecule has 2 rings (SSSR count). The zero-order valence-electron chi connectivity index (χ0n) is 9.26. The number of halogens is 1. The van der Waals surface area contributed by atoms with Crippen molar-refractivity contribution in [2.45, 2.75) is 13.0 Å². The molecule has 0 spiro atoms. The van der Waals surface area contributed by atoms with E-state index in [9.17, 15) is 4.39 Å².